The fourth-order valence-electron chi connectivity index (χ4n) is 2.06. The molecular formula is C17H31N3O2. The first kappa shape index (κ1) is 18.7. The largest absolute Gasteiger partial charge is 0.394 e. The lowest BCUT2D eigenvalue weighted by molar-refractivity contribution is 0.0858. The van der Waals surface area contributed by atoms with Gasteiger partial charge in [-0.05, 0) is 26.3 Å². The third kappa shape index (κ3) is 5.13. The molecule has 0 aliphatic carbocycles. The summed E-state index contributed by atoms with van der Waals surface area (Å²) in [6.45, 7) is 12.7. The SMILES string of the molecule is CCCCCn1nc(C(C)(C)C)cc1C(=O)NC(C)(C)CO. The van der Waals surface area contributed by atoms with Gasteiger partial charge in [0.2, 0.25) is 0 Å². The molecule has 2 N–H and O–H groups in total. The lowest BCUT2D eigenvalue weighted by Gasteiger charge is -2.23. The molecule has 0 saturated heterocycles. The third-order valence-electron chi connectivity index (χ3n) is 3.60. The second-order valence-electron chi connectivity index (χ2n) is 7.59. The van der Waals surface area contributed by atoms with Crippen molar-refractivity contribution < 1.29 is 9.90 Å². The Labute approximate surface area is 134 Å². The number of nitrogens with one attached hydrogen (secondary N) is 1. The van der Waals surface area contributed by atoms with E-state index in [9.17, 15) is 9.90 Å². The smallest absolute Gasteiger partial charge is 0.270 e. The molecule has 1 aromatic heterocycles. The lowest BCUT2D eigenvalue weighted by atomic mass is 9.92. The van der Waals surface area contributed by atoms with Crippen LogP contribution in [0.3, 0.4) is 0 Å². The minimum atomic E-state index is -0.641. The molecule has 0 unspecified atom stereocenters. The molecule has 5 nitrogen and oxygen atoms in total. The second-order valence-corrected chi connectivity index (χ2v) is 7.59. The van der Waals surface area contributed by atoms with E-state index in [0.29, 0.717) is 5.69 Å². The van der Waals surface area contributed by atoms with Crippen molar-refractivity contribution in [3.05, 3.63) is 17.5 Å². The number of aliphatic hydroxyl groups excluding tert-OH is 1. The quantitative estimate of drug-likeness (QED) is 0.761. The first-order chi connectivity index (χ1) is 10.1. The van der Waals surface area contributed by atoms with Gasteiger partial charge < -0.3 is 10.4 Å². The van der Waals surface area contributed by atoms with Gasteiger partial charge >= 0.3 is 0 Å². The van der Waals surface area contributed by atoms with E-state index < -0.39 is 5.54 Å². The Hall–Kier alpha value is -1.36. The summed E-state index contributed by atoms with van der Waals surface area (Å²) in [5.41, 5.74) is 0.744. The second kappa shape index (κ2) is 7.27. The van der Waals surface area contributed by atoms with Crippen molar-refractivity contribution in [1.82, 2.24) is 15.1 Å². The summed E-state index contributed by atoms with van der Waals surface area (Å²) in [7, 11) is 0. The van der Waals surface area contributed by atoms with Gasteiger partial charge in [-0.2, -0.15) is 5.10 Å². The maximum Gasteiger partial charge on any atom is 0.270 e. The van der Waals surface area contributed by atoms with Crippen LogP contribution in [0.15, 0.2) is 6.07 Å². The summed E-state index contributed by atoms with van der Waals surface area (Å²) in [5.74, 6) is -0.182. The molecule has 0 aromatic carbocycles. The Balaban J connectivity index is 3.04. The molecule has 1 rings (SSSR count). The van der Waals surface area contributed by atoms with Crippen LogP contribution in [-0.4, -0.2) is 32.9 Å². The van der Waals surface area contributed by atoms with Crippen molar-refractivity contribution in [2.45, 2.75) is 78.3 Å². The number of aromatic nitrogens is 2. The maximum atomic E-state index is 12.5. The van der Waals surface area contributed by atoms with E-state index in [1.807, 2.05) is 6.07 Å². The van der Waals surface area contributed by atoms with Crippen LogP contribution in [0, 0.1) is 0 Å². The average molecular weight is 309 g/mol. The van der Waals surface area contributed by atoms with E-state index in [4.69, 9.17) is 0 Å². The number of amides is 1. The molecule has 0 spiro atoms. The van der Waals surface area contributed by atoms with Crippen LogP contribution in [0.5, 0.6) is 0 Å². The van der Waals surface area contributed by atoms with Crippen molar-refractivity contribution in [2.75, 3.05) is 6.61 Å². The molecule has 0 bridgehead atoms. The topological polar surface area (TPSA) is 67.2 Å². The third-order valence-corrected chi connectivity index (χ3v) is 3.60. The number of rotatable bonds is 7. The van der Waals surface area contributed by atoms with Gasteiger partial charge in [0.1, 0.15) is 5.69 Å². The van der Waals surface area contributed by atoms with E-state index in [0.717, 1.165) is 31.5 Å². The first-order valence-electron chi connectivity index (χ1n) is 8.12. The van der Waals surface area contributed by atoms with Gasteiger partial charge in [-0.25, -0.2) is 0 Å². The first-order valence-corrected chi connectivity index (χ1v) is 8.12. The summed E-state index contributed by atoms with van der Waals surface area (Å²) >= 11 is 0. The molecule has 1 aromatic rings. The van der Waals surface area contributed by atoms with Crippen LogP contribution in [-0.2, 0) is 12.0 Å². The minimum Gasteiger partial charge on any atom is -0.394 e. The summed E-state index contributed by atoms with van der Waals surface area (Å²) in [5, 5.41) is 16.8. The number of aryl methyl sites for hydroxylation is 1. The number of aliphatic hydroxyl groups is 1. The summed E-state index contributed by atoms with van der Waals surface area (Å²) in [4.78, 5) is 12.5. The van der Waals surface area contributed by atoms with Crippen molar-refractivity contribution in [3.63, 3.8) is 0 Å². The van der Waals surface area contributed by atoms with Gasteiger partial charge in [-0.15, -0.1) is 0 Å². The molecule has 0 radical (unpaired) electrons. The predicted molar refractivity (Wildman–Crippen MR) is 89.1 cm³/mol. The predicted octanol–water partition coefficient (Wildman–Crippen LogP) is 2.87. The van der Waals surface area contributed by atoms with Crippen molar-refractivity contribution in [2.24, 2.45) is 0 Å². The van der Waals surface area contributed by atoms with Crippen LogP contribution >= 0.6 is 0 Å². The number of hydrogen-bond donors (Lipinski definition) is 2. The molecule has 0 atom stereocenters. The highest BCUT2D eigenvalue weighted by Gasteiger charge is 2.26. The summed E-state index contributed by atoms with van der Waals surface area (Å²) in [6, 6.07) is 1.87. The van der Waals surface area contributed by atoms with Crippen LogP contribution in [0.1, 0.15) is 77.0 Å². The maximum absolute atomic E-state index is 12.5. The van der Waals surface area contributed by atoms with Crippen LogP contribution in [0.2, 0.25) is 0 Å². The molecule has 22 heavy (non-hydrogen) atoms. The van der Waals surface area contributed by atoms with Crippen LogP contribution in [0.25, 0.3) is 0 Å². The van der Waals surface area contributed by atoms with Crippen molar-refractivity contribution in [3.8, 4) is 0 Å². The molecule has 0 saturated carbocycles. The molecule has 1 amide bonds. The van der Waals surface area contributed by atoms with E-state index in [1.165, 1.54) is 0 Å². The Morgan fingerprint density at radius 1 is 1.27 bits per heavy atom. The van der Waals surface area contributed by atoms with E-state index in [-0.39, 0.29) is 17.9 Å². The van der Waals surface area contributed by atoms with Gasteiger partial charge in [0, 0.05) is 12.0 Å². The van der Waals surface area contributed by atoms with Crippen LogP contribution < -0.4 is 5.32 Å². The van der Waals surface area contributed by atoms with E-state index in [2.05, 4.69) is 38.1 Å². The van der Waals surface area contributed by atoms with E-state index >= 15 is 0 Å². The Bertz CT molecular complexity index is 498. The highest BCUT2D eigenvalue weighted by molar-refractivity contribution is 5.93. The fourth-order valence-corrected chi connectivity index (χ4v) is 2.06. The molecule has 0 fully saturated rings. The summed E-state index contributed by atoms with van der Waals surface area (Å²) < 4.78 is 1.80. The standard InChI is InChI=1S/C17H31N3O2/c1-7-8-9-10-20-13(11-14(19-20)16(2,3)4)15(22)18-17(5,6)12-21/h11,21H,7-10,12H2,1-6H3,(H,18,22). The van der Waals surface area contributed by atoms with Crippen molar-refractivity contribution in [1.29, 1.82) is 0 Å². The molecular weight excluding hydrogens is 278 g/mol. The Morgan fingerprint density at radius 2 is 1.91 bits per heavy atom. The zero-order valence-corrected chi connectivity index (χ0v) is 14.9. The monoisotopic (exact) mass is 309 g/mol. The number of unbranched alkanes of at least 4 members (excludes halogenated alkanes) is 2. The Morgan fingerprint density at radius 3 is 2.41 bits per heavy atom. The molecule has 0 aliphatic heterocycles. The average Bonchev–Trinajstić information content (AvgIpc) is 2.83. The zero-order valence-electron chi connectivity index (χ0n) is 14.9. The van der Waals surface area contributed by atoms with Gasteiger partial charge in [-0.3, -0.25) is 9.48 Å². The fraction of sp³-hybridized carbons (Fsp3) is 0.765. The van der Waals surface area contributed by atoms with Gasteiger partial charge in [0.05, 0.1) is 17.8 Å². The number of carbonyl (C=O) groups is 1. The highest BCUT2D eigenvalue weighted by Crippen LogP contribution is 2.22. The molecule has 5 heteroatoms. The van der Waals surface area contributed by atoms with Crippen molar-refractivity contribution >= 4 is 5.91 Å². The lowest BCUT2D eigenvalue weighted by Crippen LogP contribution is -2.46. The van der Waals surface area contributed by atoms with E-state index in [1.54, 1.807) is 18.5 Å². The van der Waals surface area contributed by atoms with Gasteiger partial charge in [0.25, 0.3) is 5.91 Å². The number of nitrogens with zero attached hydrogens (tertiary/aromatic N) is 2. The Kier molecular flexibility index (Phi) is 6.17. The minimum absolute atomic E-state index is 0.0997. The molecule has 0 aliphatic rings. The normalized spacial score (nSPS) is 12.5. The zero-order chi connectivity index (χ0) is 17.0. The molecule has 1 heterocycles. The number of hydrogen-bond acceptors (Lipinski definition) is 3. The highest BCUT2D eigenvalue weighted by atomic mass is 16.3. The van der Waals surface area contributed by atoms with Gasteiger partial charge in [-0.1, -0.05) is 40.5 Å². The molecule has 126 valence electrons. The number of carbonyl (C=O) groups excluding carboxylic acids is 1. The summed E-state index contributed by atoms with van der Waals surface area (Å²) in [6.07, 6.45) is 3.26. The van der Waals surface area contributed by atoms with Gasteiger partial charge in [0.15, 0.2) is 0 Å². The van der Waals surface area contributed by atoms with Crippen LogP contribution in [0.4, 0.5) is 0 Å².